The number of hydrogen-bond acceptors (Lipinski definition) is 4. The van der Waals surface area contributed by atoms with E-state index in [1.165, 1.54) is 0 Å². The Morgan fingerprint density at radius 3 is 2.34 bits per heavy atom. The number of aliphatic carboxylic acids is 1. The highest BCUT2D eigenvalue weighted by Gasteiger charge is 2.35. The van der Waals surface area contributed by atoms with Crippen LogP contribution in [0.1, 0.15) is 35.2 Å². The van der Waals surface area contributed by atoms with Crippen LogP contribution in [-0.2, 0) is 16.0 Å². The second kappa shape index (κ2) is 9.90. The average Bonchev–Trinajstić information content (AvgIpc) is 3.06. The normalized spacial score (nSPS) is 21.6. The van der Waals surface area contributed by atoms with E-state index in [2.05, 4.69) is 11.8 Å². The van der Waals surface area contributed by atoms with Crippen molar-refractivity contribution in [2.45, 2.75) is 37.9 Å². The number of esters is 1. The van der Waals surface area contributed by atoms with E-state index in [1.54, 1.807) is 24.3 Å². The first-order valence-electron chi connectivity index (χ1n) is 9.74. The van der Waals surface area contributed by atoms with Gasteiger partial charge in [-0.25, -0.2) is 4.79 Å². The molecule has 0 aromatic heterocycles. The number of ether oxygens (including phenoxy) is 1. The molecule has 2 aromatic carbocycles. The van der Waals surface area contributed by atoms with Crippen LogP contribution in [0.5, 0.6) is 0 Å². The van der Waals surface area contributed by atoms with E-state index in [-0.39, 0.29) is 12.3 Å². The molecule has 0 saturated heterocycles. The molecule has 5 nitrogen and oxygen atoms in total. The molecule has 0 aliphatic heterocycles. The van der Waals surface area contributed by atoms with Gasteiger partial charge >= 0.3 is 11.9 Å². The number of rotatable bonds is 6. The summed E-state index contributed by atoms with van der Waals surface area (Å²) in [6, 6.07) is 18.4. The summed E-state index contributed by atoms with van der Waals surface area (Å²) < 4.78 is 5.65. The first-order valence-corrected chi connectivity index (χ1v) is 9.74. The van der Waals surface area contributed by atoms with Crippen molar-refractivity contribution in [3.05, 3.63) is 71.8 Å². The van der Waals surface area contributed by atoms with Crippen molar-refractivity contribution in [3.8, 4) is 11.8 Å². The van der Waals surface area contributed by atoms with E-state index in [1.807, 2.05) is 36.4 Å². The molecule has 3 rings (SSSR count). The number of carbonyl (C=O) groups excluding carboxylic acids is 1. The van der Waals surface area contributed by atoms with Crippen LogP contribution in [0.4, 0.5) is 0 Å². The number of aliphatic hydroxyl groups excluding tert-OH is 1. The van der Waals surface area contributed by atoms with E-state index >= 15 is 0 Å². The summed E-state index contributed by atoms with van der Waals surface area (Å²) in [7, 11) is 0. The van der Waals surface area contributed by atoms with Crippen LogP contribution in [0.3, 0.4) is 0 Å². The fraction of sp³-hybridized carbons (Fsp3) is 0.333. The molecule has 0 bridgehead atoms. The smallest absolute Gasteiger partial charge is 0.339 e. The van der Waals surface area contributed by atoms with E-state index in [0.717, 1.165) is 5.56 Å². The Kier molecular flexibility index (Phi) is 7.04. The first kappa shape index (κ1) is 20.6. The maximum atomic E-state index is 12.5. The number of hydrogen-bond donors (Lipinski definition) is 2. The molecule has 1 aliphatic carbocycles. The fourth-order valence-electron chi connectivity index (χ4n) is 3.63. The van der Waals surface area contributed by atoms with E-state index in [0.29, 0.717) is 24.8 Å². The third-order valence-corrected chi connectivity index (χ3v) is 5.15. The van der Waals surface area contributed by atoms with E-state index in [9.17, 15) is 14.7 Å². The van der Waals surface area contributed by atoms with Crippen LogP contribution in [0.25, 0.3) is 0 Å². The van der Waals surface area contributed by atoms with Gasteiger partial charge in [0.25, 0.3) is 0 Å². The number of carboxylic acid groups (broad SMARTS) is 1. The minimum atomic E-state index is -0.945. The molecule has 1 fully saturated rings. The molecule has 150 valence electrons. The molecule has 0 amide bonds. The molecule has 0 radical (unpaired) electrons. The van der Waals surface area contributed by atoms with Gasteiger partial charge < -0.3 is 14.9 Å². The largest absolute Gasteiger partial charge is 0.481 e. The van der Waals surface area contributed by atoms with Crippen molar-refractivity contribution < 1.29 is 24.5 Å². The summed E-state index contributed by atoms with van der Waals surface area (Å²) in [5.74, 6) is 4.11. The van der Waals surface area contributed by atoms with Crippen LogP contribution >= 0.6 is 0 Å². The van der Waals surface area contributed by atoms with Crippen LogP contribution in [-0.4, -0.2) is 34.4 Å². The summed E-state index contributed by atoms with van der Waals surface area (Å²) in [4.78, 5) is 23.6. The predicted octanol–water partition coefficient (Wildman–Crippen LogP) is 3.32. The van der Waals surface area contributed by atoms with Crippen molar-refractivity contribution >= 4 is 11.9 Å². The molecular weight excluding hydrogens is 368 g/mol. The highest BCUT2D eigenvalue weighted by atomic mass is 16.5. The lowest BCUT2D eigenvalue weighted by atomic mass is 9.91. The summed E-state index contributed by atoms with van der Waals surface area (Å²) in [5, 5.41) is 19.2. The monoisotopic (exact) mass is 392 g/mol. The van der Waals surface area contributed by atoms with Crippen LogP contribution in [0, 0.1) is 23.7 Å². The maximum absolute atomic E-state index is 12.5. The molecule has 0 spiro atoms. The second-order valence-electron chi connectivity index (χ2n) is 7.25. The number of carbonyl (C=O) groups is 2. The van der Waals surface area contributed by atoms with Gasteiger partial charge in [0.05, 0.1) is 18.1 Å². The Morgan fingerprint density at radius 1 is 1.03 bits per heavy atom. The van der Waals surface area contributed by atoms with Gasteiger partial charge in [-0.2, -0.15) is 0 Å². The predicted molar refractivity (Wildman–Crippen MR) is 108 cm³/mol. The van der Waals surface area contributed by atoms with Gasteiger partial charge in [-0.1, -0.05) is 60.4 Å². The molecule has 1 saturated carbocycles. The van der Waals surface area contributed by atoms with Crippen molar-refractivity contribution in [1.29, 1.82) is 0 Å². The lowest BCUT2D eigenvalue weighted by Crippen LogP contribution is -2.23. The quantitative estimate of drug-likeness (QED) is 0.582. The van der Waals surface area contributed by atoms with Crippen molar-refractivity contribution in [1.82, 2.24) is 0 Å². The molecular formula is C24H24O5. The van der Waals surface area contributed by atoms with Crippen LogP contribution in [0.15, 0.2) is 60.7 Å². The lowest BCUT2D eigenvalue weighted by molar-refractivity contribution is -0.139. The van der Waals surface area contributed by atoms with E-state index < -0.39 is 30.1 Å². The molecule has 2 N–H and O–H groups in total. The van der Waals surface area contributed by atoms with Crippen LogP contribution in [0.2, 0.25) is 0 Å². The van der Waals surface area contributed by atoms with Crippen LogP contribution < -0.4 is 0 Å². The molecule has 0 heterocycles. The lowest BCUT2D eigenvalue weighted by Gasteiger charge is -2.17. The SMILES string of the molecule is O=C(O)CC1C(O)CCC1C#CC(Cc1ccccc1)OC(=O)c1ccccc1. The molecule has 4 atom stereocenters. The molecule has 5 heteroatoms. The van der Waals surface area contributed by atoms with Gasteiger partial charge in [0.15, 0.2) is 6.10 Å². The zero-order chi connectivity index (χ0) is 20.6. The molecule has 1 aliphatic rings. The Bertz CT molecular complexity index is 882. The summed E-state index contributed by atoms with van der Waals surface area (Å²) >= 11 is 0. The standard InChI is InChI=1S/C24H24O5/c25-22-14-12-18(21(22)16-23(26)27)11-13-20(15-17-7-3-1-4-8-17)29-24(28)19-9-5-2-6-10-19/h1-10,18,20-22,25H,12,14-16H2,(H,26,27). The van der Waals surface area contributed by atoms with Gasteiger partial charge in [0, 0.05) is 18.3 Å². The topological polar surface area (TPSA) is 83.8 Å². The minimum Gasteiger partial charge on any atom is -0.481 e. The third kappa shape index (κ3) is 5.94. The van der Waals surface area contributed by atoms with Crippen molar-refractivity contribution in [2.24, 2.45) is 11.8 Å². The number of aliphatic hydroxyl groups is 1. The first-order chi connectivity index (χ1) is 14.0. The van der Waals surface area contributed by atoms with Gasteiger partial charge in [-0.05, 0) is 30.5 Å². The Hall–Kier alpha value is -3.10. The minimum absolute atomic E-state index is 0.117. The van der Waals surface area contributed by atoms with Crippen molar-refractivity contribution in [2.75, 3.05) is 0 Å². The van der Waals surface area contributed by atoms with Gasteiger partial charge in [0.2, 0.25) is 0 Å². The van der Waals surface area contributed by atoms with E-state index in [4.69, 9.17) is 9.84 Å². The van der Waals surface area contributed by atoms with Gasteiger partial charge in [-0.15, -0.1) is 0 Å². The summed E-state index contributed by atoms with van der Waals surface area (Å²) in [5.41, 5.74) is 1.44. The average molecular weight is 392 g/mol. The number of benzene rings is 2. The summed E-state index contributed by atoms with van der Waals surface area (Å²) in [6.45, 7) is 0. The zero-order valence-corrected chi connectivity index (χ0v) is 16.0. The maximum Gasteiger partial charge on any atom is 0.339 e. The number of carboxylic acids is 1. The Labute approximate surface area is 170 Å². The van der Waals surface area contributed by atoms with Gasteiger partial charge in [0.1, 0.15) is 0 Å². The molecule has 29 heavy (non-hydrogen) atoms. The highest BCUT2D eigenvalue weighted by molar-refractivity contribution is 5.89. The molecule has 2 aromatic rings. The van der Waals surface area contributed by atoms with Crippen molar-refractivity contribution in [3.63, 3.8) is 0 Å². The van der Waals surface area contributed by atoms with Gasteiger partial charge in [-0.3, -0.25) is 4.79 Å². The Balaban J connectivity index is 1.77. The highest BCUT2D eigenvalue weighted by Crippen LogP contribution is 2.34. The fourth-order valence-corrected chi connectivity index (χ4v) is 3.63. The zero-order valence-electron chi connectivity index (χ0n) is 16.0. The second-order valence-corrected chi connectivity index (χ2v) is 7.25. The molecule has 4 unspecified atom stereocenters. The summed E-state index contributed by atoms with van der Waals surface area (Å²) in [6.07, 6.45) is 0.165. The third-order valence-electron chi connectivity index (χ3n) is 5.15. The Morgan fingerprint density at radius 2 is 1.69 bits per heavy atom.